The maximum absolute atomic E-state index is 6.44. The summed E-state index contributed by atoms with van der Waals surface area (Å²) < 4.78 is 6.44. The molecule has 10 aromatic rings. The molecular weight excluding hydrogens is 607 g/mol. The number of furan rings is 1. The van der Waals surface area contributed by atoms with Crippen molar-refractivity contribution in [3.8, 4) is 22.3 Å². The monoisotopic (exact) mass is 637 g/mol. The number of para-hydroxylation sites is 3. The molecule has 0 atom stereocenters. The topological polar surface area (TPSA) is 16.4 Å². The second-order valence-corrected chi connectivity index (χ2v) is 12.9. The van der Waals surface area contributed by atoms with Gasteiger partial charge >= 0.3 is 0 Å². The van der Waals surface area contributed by atoms with Crippen LogP contribution in [0.2, 0.25) is 0 Å². The van der Waals surface area contributed by atoms with Crippen LogP contribution in [0.15, 0.2) is 192 Å². The maximum atomic E-state index is 6.44. The van der Waals surface area contributed by atoms with Crippen LogP contribution in [0, 0.1) is 0 Å². The average molecular weight is 638 g/mol. The van der Waals surface area contributed by atoms with Crippen molar-refractivity contribution in [1.82, 2.24) is 0 Å². The zero-order valence-corrected chi connectivity index (χ0v) is 27.3. The summed E-state index contributed by atoms with van der Waals surface area (Å²) in [6, 6.07) is 67.5. The number of benzene rings is 9. The summed E-state index contributed by atoms with van der Waals surface area (Å²) in [5, 5.41) is 9.68. The molecule has 1 heterocycles. The normalized spacial score (nSPS) is 11.6. The van der Waals surface area contributed by atoms with Gasteiger partial charge in [-0.05, 0) is 68.4 Å². The zero-order chi connectivity index (χ0) is 33.0. The Bertz CT molecular complexity index is 2870. The first-order chi connectivity index (χ1) is 24.8. The molecule has 0 amide bonds. The summed E-state index contributed by atoms with van der Waals surface area (Å²) in [6.45, 7) is 0. The molecule has 0 aliphatic rings. The van der Waals surface area contributed by atoms with Crippen molar-refractivity contribution < 1.29 is 4.42 Å². The van der Waals surface area contributed by atoms with Crippen molar-refractivity contribution in [2.24, 2.45) is 0 Å². The van der Waals surface area contributed by atoms with Crippen molar-refractivity contribution in [2.45, 2.75) is 0 Å². The zero-order valence-electron chi connectivity index (χ0n) is 27.3. The first kappa shape index (κ1) is 28.4. The Morgan fingerprint density at radius 3 is 1.86 bits per heavy atom. The van der Waals surface area contributed by atoms with Crippen LogP contribution < -0.4 is 4.90 Å². The van der Waals surface area contributed by atoms with Crippen LogP contribution >= 0.6 is 0 Å². The van der Waals surface area contributed by atoms with Crippen molar-refractivity contribution in [3.05, 3.63) is 188 Å². The molecule has 0 fully saturated rings. The predicted molar refractivity (Wildman–Crippen MR) is 212 cm³/mol. The van der Waals surface area contributed by atoms with E-state index in [-0.39, 0.29) is 0 Å². The minimum atomic E-state index is 0.908. The van der Waals surface area contributed by atoms with Crippen LogP contribution in [0.4, 0.5) is 17.1 Å². The maximum Gasteiger partial charge on any atom is 0.143 e. The van der Waals surface area contributed by atoms with Crippen molar-refractivity contribution in [1.29, 1.82) is 0 Å². The van der Waals surface area contributed by atoms with Gasteiger partial charge in [0.15, 0.2) is 0 Å². The largest absolute Gasteiger partial charge is 0.455 e. The fraction of sp³-hybridized carbons (Fsp3) is 0. The van der Waals surface area contributed by atoms with Crippen molar-refractivity contribution in [2.75, 3.05) is 4.90 Å². The Morgan fingerprint density at radius 1 is 0.360 bits per heavy atom. The van der Waals surface area contributed by atoms with Crippen LogP contribution in [0.3, 0.4) is 0 Å². The van der Waals surface area contributed by atoms with Crippen LogP contribution in [0.1, 0.15) is 0 Å². The number of hydrogen-bond donors (Lipinski definition) is 0. The van der Waals surface area contributed by atoms with Crippen LogP contribution in [-0.2, 0) is 0 Å². The lowest BCUT2D eigenvalue weighted by molar-refractivity contribution is 0.670. The second-order valence-electron chi connectivity index (χ2n) is 12.9. The molecule has 2 heteroatoms. The third kappa shape index (κ3) is 4.50. The molecule has 0 saturated heterocycles. The summed E-state index contributed by atoms with van der Waals surface area (Å²) in [7, 11) is 0. The van der Waals surface area contributed by atoms with Crippen LogP contribution in [0.5, 0.6) is 0 Å². The molecule has 234 valence electrons. The van der Waals surface area contributed by atoms with E-state index in [0.717, 1.165) is 50.1 Å². The molecule has 0 saturated carbocycles. The number of nitrogens with zero attached hydrogens (tertiary/aromatic N) is 1. The Balaban J connectivity index is 1.25. The fourth-order valence-corrected chi connectivity index (χ4v) is 7.74. The lowest BCUT2D eigenvalue weighted by atomic mass is 9.93. The van der Waals surface area contributed by atoms with Gasteiger partial charge in [-0.3, -0.25) is 0 Å². The van der Waals surface area contributed by atoms with E-state index in [1.165, 1.54) is 43.4 Å². The minimum absolute atomic E-state index is 0.908. The number of rotatable bonds is 5. The third-order valence-electron chi connectivity index (χ3n) is 10.0. The highest BCUT2D eigenvalue weighted by Gasteiger charge is 2.22. The highest BCUT2D eigenvalue weighted by molar-refractivity contribution is 6.24. The van der Waals surface area contributed by atoms with E-state index in [4.69, 9.17) is 4.42 Å². The summed E-state index contributed by atoms with van der Waals surface area (Å²) >= 11 is 0. The van der Waals surface area contributed by atoms with Gasteiger partial charge in [0.25, 0.3) is 0 Å². The molecule has 0 aliphatic heterocycles. The molecule has 0 bridgehead atoms. The quantitative estimate of drug-likeness (QED) is 0.175. The van der Waals surface area contributed by atoms with Crippen LogP contribution in [-0.4, -0.2) is 0 Å². The first-order valence-electron chi connectivity index (χ1n) is 17.1. The standard InChI is InChI=1S/C48H31NO/c1-2-13-32(14-3-1)38-18-8-10-23-44(38)49(45-31-35-16-5-6-17-37(35)42-30-27-33-15-4-7-19-39(33)47(42)45)36-28-25-34(26-29-36)40-21-12-22-43-41-20-9-11-24-46(41)50-48(40)43/h1-31H. The van der Waals surface area contributed by atoms with Gasteiger partial charge in [-0.15, -0.1) is 0 Å². The molecule has 0 aliphatic carbocycles. The van der Waals surface area contributed by atoms with Gasteiger partial charge in [0, 0.05) is 33.0 Å². The smallest absolute Gasteiger partial charge is 0.143 e. The van der Waals surface area contributed by atoms with E-state index in [0.29, 0.717) is 0 Å². The van der Waals surface area contributed by atoms with E-state index >= 15 is 0 Å². The minimum Gasteiger partial charge on any atom is -0.455 e. The van der Waals surface area contributed by atoms with E-state index in [2.05, 4.69) is 181 Å². The summed E-state index contributed by atoms with van der Waals surface area (Å²) in [5.41, 5.74) is 9.72. The summed E-state index contributed by atoms with van der Waals surface area (Å²) in [4.78, 5) is 2.45. The summed E-state index contributed by atoms with van der Waals surface area (Å²) in [6.07, 6.45) is 0. The third-order valence-corrected chi connectivity index (χ3v) is 10.0. The van der Waals surface area contributed by atoms with Crippen molar-refractivity contribution in [3.63, 3.8) is 0 Å². The molecule has 0 unspecified atom stereocenters. The Morgan fingerprint density at radius 2 is 1.00 bits per heavy atom. The lowest BCUT2D eigenvalue weighted by Crippen LogP contribution is -2.12. The summed E-state index contributed by atoms with van der Waals surface area (Å²) in [5.74, 6) is 0. The fourth-order valence-electron chi connectivity index (χ4n) is 7.74. The predicted octanol–water partition coefficient (Wildman–Crippen LogP) is 13.8. The molecule has 0 spiro atoms. The Labute approximate surface area is 290 Å². The number of hydrogen-bond acceptors (Lipinski definition) is 2. The molecule has 2 nitrogen and oxygen atoms in total. The van der Waals surface area contributed by atoms with Gasteiger partial charge in [-0.2, -0.15) is 0 Å². The average Bonchev–Trinajstić information content (AvgIpc) is 3.58. The van der Waals surface area contributed by atoms with Gasteiger partial charge in [0.05, 0.1) is 11.4 Å². The van der Waals surface area contributed by atoms with Gasteiger partial charge in [-0.25, -0.2) is 0 Å². The van der Waals surface area contributed by atoms with E-state index in [1.54, 1.807) is 0 Å². The Kier molecular flexibility index (Phi) is 6.53. The van der Waals surface area contributed by atoms with Crippen molar-refractivity contribution >= 4 is 71.3 Å². The molecule has 1 aromatic heterocycles. The second kappa shape index (κ2) is 11.5. The van der Waals surface area contributed by atoms with E-state index in [1.807, 2.05) is 12.1 Å². The van der Waals surface area contributed by atoms with Gasteiger partial charge in [-0.1, -0.05) is 158 Å². The van der Waals surface area contributed by atoms with Crippen LogP contribution in [0.25, 0.3) is 76.5 Å². The van der Waals surface area contributed by atoms with Gasteiger partial charge in [0.2, 0.25) is 0 Å². The molecule has 10 rings (SSSR count). The number of anilines is 3. The highest BCUT2D eigenvalue weighted by Crippen LogP contribution is 2.47. The number of fused-ring (bicyclic) bond motifs is 8. The lowest BCUT2D eigenvalue weighted by Gasteiger charge is -2.30. The SMILES string of the molecule is c1ccc(-c2ccccc2N(c2ccc(-c3cccc4c3oc3ccccc34)cc2)c2cc3ccccc3c3ccc4ccccc4c23)cc1. The molecule has 0 radical (unpaired) electrons. The van der Waals surface area contributed by atoms with Gasteiger partial charge < -0.3 is 9.32 Å². The van der Waals surface area contributed by atoms with E-state index in [9.17, 15) is 0 Å². The first-order valence-corrected chi connectivity index (χ1v) is 17.1. The molecule has 0 N–H and O–H groups in total. The molecular formula is C48H31NO. The molecule has 9 aromatic carbocycles. The highest BCUT2D eigenvalue weighted by atomic mass is 16.3. The molecule has 50 heavy (non-hydrogen) atoms. The van der Waals surface area contributed by atoms with Gasteiger partial charge in [0.1, 0.15) is 11.2 Å². The Hall–Kier alpha value is -6.64. The van der Waals surface area contributed by atoms with E-state index < -0.39 is 0 Å².